The fourth-order valence-electron chi connectivity index (χ4n) is 1.54. The summed E-state index contributed by atoms with van der Waals surface area (Å²) in [7, 11) is 0. The van der Waals surface area contributed by atoms with E-state index in [0.717, 1.165) is 17.7 Å². The van der Waals surface area contributed by atoms with E-state index in [0.29, 0.717) is 11.6 Å². The Balaban J connectivity index is 2.82. The number of rotatable bonds is 5. The molecule has 1 aromatic carbocycles. The van der Waals surface area contributed by atoms with Crippen LogP contribution in [0.25, 0.3) is 6.08 Å². The second-order valence-corrected chi connectivity index (χ2v) is 4.62. The third-order valence-electron chi connectivity index (χ3n) is 2.63. The summed E-state index contributed by atoms with van der Waals surface area (Å²) in [4.78, 5) is 10.4. The zero-order chi connectivity index (χ0) is 16.7. The van der Waals surface area contributed by atoms with Crippen molar-refractivity contribution in [3.05, 3.63) is 76.7 Å². The Hall–Kier alpha value is -2.56. The van der Waals surface area contributed by atoms with Crippen LogP contribution in [-0.2, 0) is 4.79 Å². The second-order valence-electron chi connectivity index (χ2n) is 4.62. The first-order valence-electron chi connectivity index (χ1n) is 6.38. The topological polar surface area (TPSA) is 37.3 Å². The number of aliphatic carboxylic acids is 1. The van der Waals surface area contributed by atoms with Crippen molar-refractivity contribution in [3.8, 4) is 0 Å². The highest BCUT2D eigenvalue weighted by molar-refractivity contribution is 5.81. The summed E-state index contributed by atoms with van der Waals surface area (Å²) in [5.74, 6) is -4.22. The molecular formula is C17H15F3O2. The summed E-state index contributed by atoms with van der Waals surface area (Å²) in [5, 5.41) is 8.54. The maximum atomic E-state index is 13.4. The number of halogens is 3. The first kappa shape index (κ1) is 17.5. The molecule has 1 rings (SSSR count). The van der Waals surface area contributed by atoms with E-state index in [1.165, 1.54) is 12.2 Å². The molecule has 0 unspecified atom stereocenters. The minimum absolute atomic E-state index is 0.0578. The van der Waals surface area contributed by atoms with Crippen LogP contribution in [0.3, 0.4) is 0 Å². The van der Waals surface area contributed by atoms with Crippen LogP contribution in [0.1, 0.15) is 19.4 Å². The fraction of sp³-hybridized carbons (Fsp3) is 0.118. The highest BCUT2D eigenvalue weighted by atomic mass is 19.2. The average molecular weight is 308 g/mol. The smallest absolute Gasteiger partial charge is 0.328 e. The van der Waals surface area contributed by atoms with E-state index in [1.54, 1.807) is 32.1 Å². The summed E-state index contributed by atoms with van der Waals surface area (Å²) in [6, 6.07) is 1.28. The van der Waals surface area contributed by atoms with Gasteiger partial charge in [0.15, 0.2) is 11.6 Å². The number of carboxylic acids is 1. The van der Waals surface area contributed by atoms with Gasteiger partial charge in [0.1, 0.15) is 5.82 Å². The first-order valence-corrected chi connectivity index (χ1v) is 6.38. The number of carbonyl (C=O) groups is 1. The zero-order valence-electron chi connectivity index (χ0n) is 12.1. The summed E-state index contributed by atoms with van der Waals surface area (Å²) in [6.07, 6.45) is 8.84. The lowest BCUT2D eigenvalue weighted by atomic mass is 10.1. The number of benzene rings is 1. The zero-order valence-corrected chi connectivity index (χ0v) is 12.1. The van der Waals surface area contributed by atoms with E-state index in [9.17, 15) is 18.0 Å². The molecular weight excluding hydrogens is 293 g/mol. The molecule has 0 fully saturated rings. The molecule has 0 heterocycles. The lowest BCUT2D eigenvalue weighted by Gasteiger charge is -1.99. The van der Waals surface area contributed by atoms with Crippen molar-refractivity contribution in [3.63, 3.8) is 0 Å². The van der Waals surface area contributed by atoms with E-state index in [2.05, 4.69) is 0 Å². The Kier molecular flexibility index (Phi) is 6.38. The Morgan fingerprint density at radius 1 is 1.00 bits per heavy atom. The highest BCUT2D eigenvalue weighted by Gasteiger charge is 2.07. The number of allylic oxidation sites excluding steroid dienone is 6. The molecule has 116 valence electrons. The number of hydrogen-bond acceptors (Lipinski definition) is 1. The maximum absolute atomic E-state index is 13.4. The first-order chi connectivity index (χ1) is 10.3. The van der Waals surface area contributed by atoms with Gasteiger partial charge in [-0.05, 0) is 25.5 Å². The molecule has 0 aromatic heterocycles. The van der Waals surface area contributed by atoms with Crippen molar-refractivity contribution in [2.24, 2.45) is 0 Å². The average Bonchev–Trinajstić information content (AvgIpc) is 2.40. The van der Waals surface area contributed by atoms with Crippen LogP contribution in [0.5, 0.6) is 0 Å². The van der Waals surface area contributed by atoms with Gasteiger partial charge in [0, 0.05) is 17.7 Å². The van der Waals surface area contributed by atoms with Crippen LogP contribution >= 0.6 is 0 Å². The normalized spacial score (nSPS) is 13.3. The van der Waals surface area contributed by atoms with Gasteiger partial charge in [0.25, 0.3) is 0 Å². The van der Waals surface area contributed by atoms with E-state index in [4.69, 9.17) is 5.11 Å². The maximum Gasteiger partial charge on any atom is 0.328 e. The van der Waals surface area contributed by atoms with Crippen molar-refractivity contribution in [1.29, 1.82) is 0 Å². The van der Waals surface area contributed by atoms with E-state index in [1.807, 2.05) is 0 Å². The molecule has 0 aliphatic heterocycles. The van der Waals surface area contributed by atoms with Gasteiger partial charge in [-0.1, -0.05) is 36.0 Å². The largest absolute Gasteiger partial charge is 0.478 e. The molecule has 0 atom stereocenters. The summed E-state index contributed by atoms with van der Waals surface area (Å²) >= 11 is 0. The quantitative estimate of drug-likeness (QED) is 0.488. The Bertz CT molecular complexity index is 683. The molecule has 0 amide bonds. The fourth-order valence-corrected chi connectivity index (χ4v) is 1.54. The summed E-state index contributed by atoms with van der Waals surface area (Å²) in [5.41, 5.74) is 1.23. The standard InChI is InChI=1S/C17H15F3O2/c1-11(4-3-5-12(2)8-17(21)22)6-7-13-9-15(19)16(20)10-14(13)18/h3-10H,1-2H3,(H,21,22)/b5-3+,7-6+,11-4+,12-8+. The molecule has 0 saturated heterocycles. The third-order valence-corrected chi connectivity index (χ3v) is 2.63. The molecule has 5 heteroatoms. The lowest BCUT2D eigenvalue weighted by Crippen LogP contribution is -1.90. The van der Waals surface area contributed by atoms with E-state index >= 15 is 0 Å². The van der Waals surface area contributed by atoms with Crippen LogP contribution in [0.15, 0.2) is 53.7 Å². The van der Waals surface area contributed by atoms with Gasteiger partial charge < -0.3 is 5.11 Å². The highest BCUT2D eigenvalue weighted by Crippen LogP contribution is 2.15. The molecule has 0 spiro atoms. The molecule has 2 nitrogen and oxygen atoms in total. The Morgan fingerprint density at radius 2 is 1.64 bits per heavy atom. The molecule has 0 aliphatic rings. The van der Waals surface area contributed by atoms with Crippen LogP contribution < -0.4 is 0 Å². The van der Waals surface area contributed by atoms with Gasteiger partial charge >= 0.3 is 5.97 Å². The van der Waals surface area contributed by atoms with Crippen molar-refractivity contribution in [1.82, 2.24) is 0 Å². The minimum Gasteiger partial charge on any atom is -0.478 e. The molecule has 1 aromatic rings. The Labute approximate surface area is 126 Å². The van der Waals surface area contributed by atoms with E-state index < -0.39 is 23.4 Å². The van der Waals surface area contributed by atoms with Gasteiger partial charge in [-0.3, -0.25) is 0 Å². The van der Waals surface area contributed by atoms with Crippen molar-refractivity contribution in [2.75, 3.05) is 0 Å². The number of hydrogen-bond donors (Lipinski definition) is 1. The minimum atomic E-state index is -1.23. The van der Waals surface area contributed by atoms with Gasteiger partial charge in [-0.25, -0.2) is 18.0 Å². The van der Waals surface area contributed by atoms with Crippen molar-refractivity contribution < 1.29 is 23.1 Å². The Morgan fingerprint density at radius 3 is 2.27 bits per heavy atom. The number of carboxylic acid groups (broad SMARTS) is 1. The predicted octanol–water partition coefficient (Wildman–Crippen LogP) is 4.65. The molecule has 0 bridgehead atoms. The van der Waals surface area contributed by atoms with E-state index in [-0.39, 0.29) is 5.56 Å². The SMILES string of the molecule is CC(/C=C/c1cc(F)c(F)cc1F)=C\C=C\C(C)=C\C(=O)O. The van der Waals surface area contributed by atoms with Gasteiger partial charge in [-0.15, -0.1) is 0 Å². The summed E-state index contributed by atoms with van der Waals surface area (Å²) in [6.45, 7) is 3.37. The van der Waals surface area contributed by atoms with Crippen molar-refractivity contribution in [2.45, 2.75) is 13.8 Å². The third kappa shape index (κ3) is 5.83. The van der Waals surface area contributed by atoms with Gasteiger partial charge in [-0.2, -0.15) is 0 Å². The van der Waals surface area contributed by atoms with Crippen molar-refractivity contribution >= 4 is 12.0 Å². The van der Waals surface area contributed by atoms with Crippen LogP contribution in [0.4, 0.5) is 13.2 Å². The van der Waals surface area contributed by atoms with Crippen LogP contribution in [-0.4, -0.2) is 11.1 Å². The van der Waals surface area contributed by atoms with Crippen LogP contribution in [0, 0.1) is 17.5 Å². The van der Waals surface area contributed by atoms with Crippen LogP contribution in [0.2, 0.25) is 0 Å². The lowest BCUT2D eigenvalue weighted by molar-refractivity contribution is -0.131. The molecule has 1 N–H and O–H groups in total. The van der Waals surface area contributed by atoms with Gasteiger partial charge in [0.05, 0.1) is 0 Å². The second kappa shape index (κ2) is 8.02. The molecule has 0 saturated carbocycles. The molecule has 0 radical (unpaired) electrons. The molecule has 0 aliphatic carbocycles. The monoisotopic (exact) mass is 308 g/mol. The predicted molar refractivity (Wildman–Crippen MR) is 79.6 cm³/mol. The van der Waals surface area contributed by atoms with Gasteiger partial charge in [0.2, 0.25) is 0 Å². The summed E-state index contributed by atoms with van der Waals surface area (Å²) < 4.78 is 39.2. The molecule has 22 heavy (non-hydrogen) atoms.